The van der Waals surface area contributed by atoms with Crippen LogP contribution < -0.4 is 0 Å². The molecular formula is C4H4BrClO. The summed E-state index contributed by atoms with van der Waals surface area (Å²) in [6.45, 7) is 0. The summed E-state index contributed by atoms with van der Waals surface area (Å²) in [4.78, 5) is 10.5. The highest BCUT2D eigenvalue weighted by molar-refractivity contribution is 9.09. The van der Waals surface area contributed by atoms with Crippen molar-refractivity contribution in [1.29, 1.82) is 0 Å². The maximum absolute atomic E-state index is 10.2. The number of hydrogen-bond acceptors (Lipinski definition) is 1. The summed E-state index contributed by atoms with van der Waals surface area (Å²) in [5, 5.41) is -0.207. The average Bonchev–Trinajstić information content (AvgIpc) is 2.17. The lowest BCUT2D eigenvalue weighted by atomic mass is 10.5. The highest BCUT2D eigenvalue weighted by atomic mass is 79.9. The Kier molecular flexibility index (Phi) is 1.39. The van der Waals surface area contributed by atoms with Crippen LogP contribution in [0.4, 0.5) is 0 Å². The average molecular weight is 183 g/mol. The first kappa shape index (κ1) is 5.57. The van der Waals surface area contributed by atoms with Gasteiger partial charge in [0.1, 0.15) is 0 Å². The zero-order chi connectivity index (χ0) is 5.44. The Morgan fingerprint density at radius 1 is 1.86 bits per heavy atom. The lowest BCUT2D eigenvalue weighted by Gasteiger charge is -1.76. The Morgan fingerprint density at radius 2 is 2.29 bits per heavy atom. The topological polar surface area (TPSA) is 17.1 Å². The predicted molar refractivity (Wildman–Crippen MR) is 31.7 cm³/mol. The Balaban J connectivity index is 2.33. The second-order valence-electron chi connectivity index (χ2n) is 1.66. The Bertz CT molecular complexity index is 104. The van der Waals surface area contributed by atoms with Crippen LogP contribution in [0.1, 0.15) is 6.42 Å². The van der Waals surface area contributed by atoms with E-state index in [1.54, 1.807) is 0 Å². The van der Waals surface area contributed by atoms with Gasteiger partial charge < -0.3 is 0 Å². The third-order valence-corrected chi connectivity index (χ3v) is 2.30. The molecule has 0 bridgehead atoms. The molecule has 2 unspecified atom stereocenters. The summed E-state index contributed by atoms with van der Waals surface area (Å²) in [5.41, 5.74) is 0. The standard InChI is InChI=1S/C4H4BrClO/c5-3-1-2(3)4(6)7/h2-3H,1H2. The molecule has 0 aromatic rings. The van der Waals surface area contributed by atoms with E-state index >= 15 is 0 Å². The molecule has 1 rings (SSSR count). The van der Waals surface area contributed by atoms with Crippen molar-refractivity contribution in [3.63, 3.8) is 0 Å². The number of carbonyl (C=O) groups excluding carboxylic acids is 1. The molecule has 3 heteroatoms. The monoisotopic (exact) mass is 182 g/mol. The molecule has 0 amide bonds. The Labute approximate surface area is 55.2 Å². The van der Waals surface area contributed by atoms with Crippen LogP contribution in [0.2, 0.25) is 0 Å². The minimum atomic E-state index is -0.207. The van der Waals surface area contributed by atoms with Gasteiger partial charge in [-0.1, -0.05) is 15.9 Å². The second kappa shape index (κ2) is 1.75. The van der Waals surface area contributed by atoms with Crippen molar-refractivity contribution in [3.8, 4) is 0 Å². The third-order valence-electron chi connectivity index (χ3n) is 1.00. The largest absolute Gasteiger partial charge is 0.281 e. The van der Waals surface area contributed by atoms with Gasteiger partial charge >= 0.3 is 0 Å². The molecular weight excluding hydrogens is 179 g/mol. The van der Waals surface area contributed by atoms with Crippen LogP contribution in [0.5, 0.6) is 0 Å². The van der Waals surface area contributed by atoms with Gasteiger partial charge in [-0.15, -0.1) is 0 Å². The summed E-state index contributed by atoms with van der Waals surface area (Å²) in [6, 6.07) is 0. The smallest absolute Gasteiger partial charge is 0.225 e. The Morgan fingerprint density at radius 3 is 2.29 bits per heavy atom. The maximum atomic E-state index is 10.2. The van der Waals surface area contributed by atoms with E-state index in [2.05, 4.69) is 15.9 Å². The summed E-state index contributed by atoms with van der Waals surface area (Å²) < 4.78 is 0. The van der Waals surface area contributed by atoms with Crippen LogP contribution in [-0.4, -0.2) is 10.1 Å². The van der Waals surface area contributed by atoms with Gasteiger partial charge in [0.2, 0.25) is 5.24 Å². The summed E-state index contributed by atoms with van der Waals surface area (Å²) in [6.07, 6.45) is 0.919. The molecule has 2 atom stereocenters. The summed E-state index contributed by atoms with van der Waals surface area (Å²) >= 11 is 8.34. The van der Waals surface area contributed by atoms with Crippen LogP contribution in [0, 0.1) is 5.92 Å². The fourth-order valence-electron chi connectivity index (χ4n) is 0.399. The van der Waals surface area contributed by atoms with Gasteiger partial charge in [0.05, 0.1) is 0 Å². The zero-order valence-corrected chi connectivity index (χ0v) is 5.87. The van der Waals surface area contributed by atoms with Crippen LogP contribution in [-0.2, 0) is 4.79 Å². The maximum Gasteiger partial charge on any atom is 0.225 e. The first-order valence-electron chi connectivity index (χ1n) is 2.05. The molecule has 0 radical (unpaired) electrons. The van der Waals surface area contributed by atoms with E-state index in [9.17, 15) is 4.79 Å². The van der Waals surface area contributed by atoms with Crippen LogP contribution in [0.15, 0.2) is 0 Å². The fraction of sp³-hybridized carbons (Fsp3) is 0.750. The molecule has 0 spiro atoms. The molecule has 1 aliphatic carbocycles. The minimum Gasteiger partial charge on any atom is -0.281 e. The molecule has 0 saturated heterocycles. The first-order chi connectivity index (χ1) is 3.22. The quantitative estimate of drug-likeness (QED) is 0.445. The molecule has 0 aromatic carbocycles. The zero-order valence-electron chi connectivity index (χ0n) is 3.53. The number of alkyl halides is 1. The molecule has 1 aliphatic rings. The molecule has 1 saturated carbocycles. The van der Waals surface area contributed by atoms with Crippen molar-refractivity contribution < 1.29 is 4.79 Å². The van der Waals surface area contributed by atoms with Crippen LogP contribution >= 0.6 is 27.5 Å². The lowest BCUT2D eigenvalue weighted by Crippen LogP contribution is -1.88. The van der Waals surface area contributed by atoms with Crippen molar-refractivity contribution in [2.45, 2.75) is 11.2 Å². The third kappa shape index (κ3) is 1.16. The van der Waals surface area contributed by atoms with E-state index in [0.29, 0.717) is 4.83 Å². The molecule has 0 aromatic heterocycles. The van der Waals surface area contributed by atoms with Gasteiger partial charge in [-0.3, -0.25) is 4.79 Å². The number of carbonyl (C=O) groups is 1. The van der Waals surface area contributed by atoms with Crippen molar-refractivity contribution in [2.24, 2.45) is 5.92 Å². The first-order valence-corrected chi connectivity index (χ1v) is 3.34. The number of rotatable bonds is 1. The van der Waals surface area contributed by atoms with Crippen molar-refractivity contribution in [2.75, 3.05) is 0 Å². The molecule has 0 N–H and O–H groups in total. The lowest BCUT2D eigenvalue weighted by molar-refractivity contribution is -0.112. The molecule has 1 nitrogen and oxygen atoms in total. The van der Waals surface area contributed by atoms with Crippen LogP contribution in [0.25, 0.3) is 0 Å². The van der Waals surface area contributed by atoms with E-state index in [1.807, 2.05) is 0 Å². The van der Waals surface area contributed by atoms with Crippen molar-refractivity contribution >= 4 is 32.8 Å². The van der Waals surface area contributed by atoms with Gasteiger partial charge in [-0.2, -0.15) is 0 Å². The van der Waals surface area contributed by atoms with Gasteiger partial charge in [-0.25, -0.2) is 0 Å². The SMILES string of the molecule is O=C(Cl)C1CC1Br. The summed E-state index contributed by atoms with van der Waals surface area (Å²) in [5.74, 6) is 0.113. The minimum absolute atomic E-state index is 0.113. The van der Waals surface area contributed by atoms with E-state index < -0.39 is 0 Å². The molecule has 7 heavy (non-hydrogen) atoms. The predicted octanol–water partition coefficient (Wildman–Crippen LogP) is 1.54. The fourth-order valence-corrected chi connectivity index (χ4v) is 1.44. The van der Waals surface area contributed by atoms with Gasteiger partial charge in [0.15, 0.2) is 0 Å². The van der Waals surface area contributed by atoms with Crippen molar-refractivity contribution in [1.82, 2.24) is 0 Å². The highest BCUT2D eigenvalue weighted by Gasteiger charge is 2.39. The molecule has 40 valence electrons. The highest BCUT2D eigenvalue weighted by Crippen LogP contribution is 2.39. The molecule has 0 aliphatic heterocycles. The van der Waals surface area contributed by atoms with E-state index in [0.717, 1.165) is 6.42 Å². The van der Waals surface area contributed by atoms with E-state index in [4.69, 9.17) is 11.6 Å². The summed E-state index contributed by atoms with van der Waals surface area (Å²) in [7, 11) is 0. The van der Waals surface area contributed by atoms with E-state index in [-0.39, 0.29) is 11.2 Å². The van der Waals surface area contributed by atoms with Crippen LogP contribution in [0.3, 0.4) is 0 Å². The van der Waals surface area contributed by atoms with Crippen molar-refractivity contribution in [3.05, 3.63) is 0 Å². The van der Waals surface area contributed by atoms with E-state index in [1.165, 1.54) is 0 Å². The number of hydrogen-bond donors (Lipinski definition) is 0. The van der Waals surface area contributed by atoms with Gasteiger partial charge in [0.25, 0.3) is 0 Å². The number of halogens is 2. The molecule has 0 heterocycles. The van der Waals surface area contributed by atoms with Gasteiger partial charge in [0, 0.05) is 10.7 Å². The second-order valence-corrected chi connectivity index (χ2v) is 3.21. The molecule has 1 fully saturated rings. The Hall–Kier alpha value is 0.440. The van der Waals surface area contributed by atoms with Gasteiger partial charge in [-0.05, 0) is 18.0 Å². The normalized spacial score (nSPS) is 38.0.